The molecule has 3 rings (SSSR count). The van der Waals surface area contributed by atoms with Gasteiger partial charge in [0.05, 0.1) is 18.8 Å². The quantitative estimate of drug-likeness (QED) is 0.515. The third-order valence-electron chi connectivity index (χ3n) is 6.23. The van der Waals surface area contributed by atoms with E-state index in [1.54, 1.807) is 0 Å². The molecule has 2 aliphatic heterocycles. The summed E-state index contributed by atoms with van der Waals surface area (Å²) >= 11 is 1.82. The predicted molar refractivity (Wildman–Crippen MR) is 120 cm³/mol. The van der Waals surface area contributed by atoms with E-state index in [9.17, 15) is 0 Å². The number of hydrogen-bond acceptors (Lipinski definition) is 6. The second kappa shape index (κ2) is 10.7. The molecule has 1 aromatic rings. The van der Waals surface area contributed by atoms with Crippen LogP contribution in [0, 0.1) is 0 Å². The fourth-order valence-electron chi connectivity index (χ4n) is 4.21. The number of aliphatic imine (C=N–C) groups is 1. The maximum atomic E-state index is 5.75. The highest BCUT2D eigenvalue weighted by Gasteiger charge is 2.35. The number of nitrogens with one attached hydrogen (secondary N) is 2. The van der Waals surface area contributed by atoms with Gasteiger partial charge in [0.15, 0.2) is 5.96 Å². The molecule has 3 heterocycles. The summed E-state index contributed by atoms with van der Waals surface area (Å²) < 4.78 is 11.3. The first-order valence-electron chi connectivity index (χ1n) is 10.6. The second-order valence-corrected chi connectivity index (χ2v) is 9.22. The van der Waals surface area contributed by atoms with E-state index >= 15 is 0 Å². The van der Waals surface area contributed by atoms with Crippen LogP contribution >= 0.6 is 11.3 Å². The van der Waals surface area contributed by atoms with Gasteiger partial charge >= 0.3 is 0 Å². The van der Waals surface area contributed by atoms with Gasteiger partial charge in [-0.15, -0.1) is 11.3 Å². The molecule has 0 spiro atoms. The van der Waals surface area contributed by atoms with Crippen LogP contribution in [0.15, 0.2) is 22.5 Å². The summed E-state index contributed by atoms with van der Waals surface area (Å²) in [6, 6.07) is 4.69. The van der Waals surface area contributed by atoms with Crippen LogP contribution in [0.25, 0.3) is 0 Å². The van der Waals surface area contributed by atoms with Crippen molar-refractivity contribution >= 4 is 17.3 Å². The van der Waals surface area contributed by atoms with Crippen molar-refractivity contribution in [2.75, 3.05) is 67.1 Å². The van der Waals surface area contributed by atoms with Gasteiger partial charge in [-0.2, -0.15) is 0 Å². The molecule has 29 heavy (non-hydrogen) atoms. The molecule has 0 aromatic carbocycles. The van der Waals surface area contributed by atoms with Gasteiger partial charge in [0.2, 0.25) is 0 Å². The van der Waals surface area contributed by atoms with E-state index in [1.165, 1.54) is 4.88 Å². The number of ether oxygens (including phenoxy) is 2. The average Bonchev–Trinajstić information content (AvgIpc) is 3.25. The molecule has 2 unspecified atom stereocenters. The van der Waals surface area contributed by atoms with Gasteiger partial charge in [0, 0.05) is 56.9 Å². The van der Waals surface area contributed by atoms with E-state index in [2.05, 4.69) is 64.0 Å². The zero-order valence-corrected chi connectivity index (χ0v) is 19.1. The summed E-state index contributed by atoms with van der Waals surface area (Å²) in [5.74, 6) is 0.862. The standard InChI is InChI=1S/C21H37N5O2S/c1-17-15-26(9-12-28-17)18(19-6-5-13-29-19)14-23-20(22-2)24-16-21(25(3)4)7-10-27-11-8-21/h5-6,13,17-18H,7-12,14-16H2,1-4H3,(H2,22,23,24). The molecule has 0 saturated carbocycles. The van der Waals surface area contributed by atoms with Crippen molar-refractivity contribution in [3.05, 3.63) is 22.4 Å². The lowest BCUT2D eigenvalue weighted by molar-refractivity contribution is -0.0334. The molecule has 0 bridgehead atoms. The Bertz CT molecular complexity index is 631. The van der Waals surface area contributed by atoms with E-state index in [0.29, 0.717) is 6.04 Å². The van der Waals surface area contributed by atoms with Crippen LogP contribution in [0.5, 0.6) is 0 Å². The van der Waals surface area contributed by atoms with Crippen molar-refractivity contribution < 1.29 is 9.47 Å². The molecule has 8 heteroatoms. The second-order valence-electron chi connectivity index (χ2n) is 8.25. The van der Waals surface area contributed by atoms with E-state index < -0.39 is 0 Å². The number of thiophene rings is 1. The zero-order chi connectivity index (χ0) is 20.7. The lowest BCUT2D eigenvalue weighted by atomic mass is 9.88. The number of morpholine rings is 1. The Labute approximate surface area is 179 Å². The Morgan fingerprint density at radius 2 is 2.14 bits per heavy atom. The SMILES string of the molecule is CN=C(NCC(c1cccs1)N1CCOC(C)C1)NCC1(N(C)C)CCOCC1. The van der Waals surface area contributed by atoms with Crippen molar-refractivity contribution in [3.63, 3.8) is 0 Å². The van der Waals surface area contributed by atoms with Crippen molar-refractivity contribution in [1.82, 2.24) is 20.4 Å². The van der Waals surface area contributed by atoms with E-state index in [-0.39, 0.29) is 11.6 Å². The number of guanidine groups is 1. The lowest BCUT2D eigenvalue weighted by Crippen LogP contribution is -2.57. The first kappa shape index (κ1) is 22.5. The smallest absolute Gasteiger partial charge is 0.191 e. The fraction of sp³-hybridized carbons (Fsp3) is 0.762. The normalized spacial score (nSPS) is 24.4. The van der Waals surface area contributed by atoms with Gasteiger partial charge in [-0.05, 0) is 45.3 Å². The monoisotopic (exact) mass is 423 g/mol. The molecule has 7 nitrogen and oxygen atoms in total. The Hall–Kier alpha value is -1.19. The van der Waals surface area contributed by atoms with Crippen molar-refractivity contribution in [2.24, 2.45) is 4.99 Å². The molecule has 1 aromatic heterocycles. The van der Waals surface area contributed by atoms with Gasteiger partial charge in [-0.3, -0.25) is 9.89 Å². The maximum Gasteiger partial charge on any atom is 0.191 e. The summed E-state index contributed by atoms with van der Waals surface area (Å²) in [6.45, 7) is 8.20. The van der Waals surface area contributed by atoms with Gasteiger partial charge in [-0.1, -0.05) is 6.07 Å². The Balaban J connectivity index is 1.60. The van der Waals surface area contributed by atoms with Crippen molar-refractivity contribution in [2.45, 2.75) is 37.5 Å². The highest BCUT2D eigenvalue weighted by atomic mass is 32.1. The number of likely N-dealkylation sites (N-methyl/N-ethyl adjacent to an activating group) is 1. The third kappa shape index (κ3) is 5.92. The van der Waals surface area contributed by atoms with E-state index in [4.69, 9.17) is 9.47 Å². The maximum absolute atomic E-state index is 5.75. The van der Waals surface area contributed by atoms with Crippen molar-refractivity contribution in [3.8, 4) is 0 Å². The van der Waals surface area contributed by atoms with Crippen LogP contribution in [-0.2, 0) is 9.47 Å². The van der Waals surface area contributed by atoms with Gasteiger partial charge < -0.3 is 25.0 Å². The molecule has 0 radical (unpaired) electrons. The Morgan fingerprint density at radius 1 is 1.34 bits per heavy atom. The summed E-state index contributed by atoms with van der Waals surface area (Å²) in [5, 5.41) is 9.31. The Morgan fingerprint density at radius 3 is 2.76 bits per heavy atom. The van der Waals surface area contributed by atoms with Crippen molar-refractivity contribution in [1.29, 1.82) is 0 Å². The van der Waals surface area contributed by atoms with Crippen LogP contribution in [-0.4, -0.2) is 94.5 Å². The molecule has 2 fully saturated rings. The summed E-state index contributed by atoms with van der Waals surface area (Å²) in [4.78, 5) is 10.7. The first-order valence-corrected chi connectivity index (χ1v) is 11.5. The molecular formula is C21H37N5O2S. The van der Waals surface area contributed by atoms with Crippen LogP contribution in [0.1, 0.15) is 30.7 Å². The number of rotatable bonds is 7. The molecule has 2 saturated heterocycles. The van der Waals surface area contributed by atoms with Gasteiger partial charge in [0.25, 0.3) is 0 Å². The highest BCUT2D eigenvalue weighted by molar-refractivity contribution is 7.10. The molecule has 164 valence electrons. The lowest BCUT2D eigenvalue weighted by Gasteiger charge is -2.43. The molecular weight excluding hydrogens is 386 g/mol. The van der Waals surface area contributed by atoms with Crippen LogP contribution in [0.3, 0.4) is 0 Å². The average molecular weight is 424 g/mol. The van der Waals surface area contributed by atoms with Crippen LogP contribution in [0.4, 0.5) is 0 Å². The molecule has 0 aliphatic carbocycles. The third-order valence-corrected chi connectivity index (χ3v) is 7.20. The van der Waals surface area contributed by atoms with Crippen LogP contribution < -0.4 is 10.6 Å². The summed E-state index contributed by atoms with van der Waals surface area (Å²) in [7, 11) is 6.17. The van der Waals surface area contributed by atoms with E-state index in [0.717, 1.165) is 64.8 Å². The topological polar surface area (TPSA) is 61.4 Å². The number of hydrogen-bond donors (Lipinski definition) is 2. The fourth-order valence-corrected chi connectivity index (χ4v) is 5.08. The minimum absolute atomic E-state index is 0.114. The molecule has 2 N–H and O–H groups in total. The minimum Gasteiger partial charge on any atom is -0.381 e. The summed E-state index contributed by atoms with van der Waals surface area (Å²) in [5.41, 5.74) is 0.114. The highest BCUT2D eigenvalue weighted by Crippen LogP contribution is 2.27. The molecule has 2 atom stereocenters. The van der Waals surface area contributed by atoms with Gasteiger partial charge in [-0.25, -0.2) is 0 Å². The van der Waals surface area contributed by atoms with E-state index in [1.807, 2.05) is 18.4 Å². The number of nitrogens with zero attached hydrogens (tertiary/aromatic N) is 3. The zero-order valence-electron chi connectivity index (χ0n) is 18.3. The van der Waals surface area contributed by atoms with Gasteiger partial charge in [0.1, 0.15) is 0 Å². The minimum atomic E-state index is 0.114. The largest absolute Gasteiger partial charge is 0.381 e. The first-order chi connectivity index (χ1) is 14.0. The summed E-state index contributed by atoms with van der Waals surface area (Å²) in [6.07, 6.45) is 2.35. The molecule has 0 amide bonds. The Kier molecular flexibility index (Phi) is 8.32. The predicted octanol–water partition coefficient (Wildman–Crippen LogP) is 1.79. The molecule has 2 aliphatic rings. The van der Waals surface area contributed by atoms with Crippen LogP contribution in [0.2, 0.25) is 0 Å².